The van der Waals surface area contributed by atoms with Crippen molar-refractivity contribution in [3.8, 4) is 0 Å². The fourth-order valence-corrected chi connectivity index (χ4v) is 6.91. The highest BCUT2D eigenvalue weighted by Gasteiger charge is 2.52. The monoisotopic (exact) mass is 527 g/mol. The van der Waals surface area contributed by atoms with Crippen LogP contribution >= 0.6 is 0 Å². The molecule has 0 radical (unpaired) electrons. The van der Waals surface area contributed by atoms with E-state index < -0.39 is 5.41 Å². The lowest BCUT2D eigenvalue weighted by molar-refractivity contribution is 0.739. The van der Waals surface area contributed by atoms with Crippen molar-refractivity contribution in [2.24, 2.45) is 4.99 Å². The molecule has 0 fully saturated rings. The van der Waals surface area contributed by atoms with E-state index >= 15 is 0 Å². The van der Waals surface area contributed by atoms with Crippen LogP contribution in [0, 0.1) is 0 Å². The van der Waals surface area contributed by atoms with Gasteiger partial charge in [0.25, 0.3) is 0 Å². The van der Waals surface area contributed by atoms with Crippen molar-refractivity contribution in [2.75, 3.05) is 11.4 Å². The number of aliphatic imine (C=N–C) groups is 1. The average Bonchev–Trinajstić information content (AvgIpc) is 3.33. The molecule has 0 bridgehead atoms. The molecular formula is C38H29N3. The van der Waals surface area contributed by atoms with E-state index in [2.05, 4.69) is 132 Å². The molecule has 2 aliphatic heterocycles. The summed E-state index contributed by atoms with van der Waals surface area (Å²) in [6.07, 6.45) is 6.58. The van der Waals surface area contributed by atoms with Gasteiger partial charge in [-0.1, -0.05) is 115 Å². The van der Waals surface area contributed by atoms with E-state index in [9.17, 15) is 0 Å². The molecule has 1 N–H and O–H groups in total. The Kier molecular flexibility index (Phi) is 5.49. The highest BCUT2D eigenvalue weighted by atomic mass is 15.2. The Morgan fingerprint density at radius 3 is 2.10 bits per heavy atom. The summed E-state index contributed by atoms with van der Waals surface area (Å²) in [7, 11) is 0. The van der Waals surface area contributed by atoms with Gasteiger partial charge in [0.15, 0.2) is 0 Å². The van der Waals surface area contributed by atoms with Crippen LogP contribution in [0.3, 0.4) is 0 Å². The first-order valence-corrected chi connectivity index (χ1v) is 14.2. The second kappa shape index (κ2) is 9.50. The van der Waals surface area contributed by atoms with Crippen LogP contribution < -0.4 is 10.2 Å². The third-order valence-electron chi connectivity index (χ3n) is 8.54. The van der Waals surface area contributed by atoms with Crippen molar-refractivity contribution in [2.45, 2.75) is 12.0 Å². The maximum absolute atomic E-state index is 4.83. The van der Waals surface area contributed by atoms with E-state index in [0.29, 0.717) is 6.54 Å². The second-order valence-corrected chi connectivity index (χ2v) is 10.8. The van der Waals surface area contributed by atoms with Crippen molar-refractivity contribution in [1.82, 2.24) is 5.32 Å². The lowest BCUT2D eigenvalue weighted by Crippen LogP contribution is -2.37. The minimum Gasteiger partial charge on any atom is -0.381 e. The van der Waals surface area contributed by atoms with Crippen molar-refractivity contribution in [1.29, 1.82) is 0 Å². The summed E-state index contributed by atoms with van der Waals surface area (Å²) in [5.41, 5.74) is 13.2. The van der Waals surface area contributed by atoms with E-state index in [1.54, 1.807) is 0 Å². The first kappa shape index (κ1) is 23.7. The predicted octanol–water partition coefficient (Wildman–Crippen LogP) is 8.31. The van der Waals surface area contributed by atoms with Gasteiger partial charge in [0, 0.05) is 29.7 Å². The number of fused-ring (bicyclic) bond motifs is 8. The lowest BCUT2D eigenvalue weighted by atomic mass is 9.63. The standard InChI is InChI=1S/C38H29N3/c1-3-12-27(13-4-1)25-39-26-28-21-22-30-34(24-28)38(33-18-11-23-40-37(30)33)31-16-7-9-19-35(31)41(29-14-5-2-6-15-29)36-20-10-8-17-32(36)38/h1-22,24-25,40H,23,26H2. The van der Waals surface area contributed by atoms with E-state index in [0.717, 1.165) is 17.8 Å². The van der Waals surface area contributed by atoms with Gasteiger partial charge in [-0.15, -0.1) is 0 Å². The normalized spacial score (nSPS) is 15.9. The molecule has 0 aromatic heterocycles. The maximum Gasteiger partial charge on any atom is 0.0769 e. The molecule has 3 heteroatoms. The van der Waals surface area contributed by atoms with Crippen LogP contribution in [0.1, 0.15) is 33.4 Å². The number of hydrogen-bond acceptors (Lipinski definition) is 3. The van der Waals surface area contributed by atoms with Crippen molar-refractivity contribution in [3.63, 3.8) is 0 Å². The van der Waals surface area contributed by atoms with Crippen LogP contribution in [0.25, 0.3) is 5.70 Å². The largest absolute Gasteiger partial charge is 0.381 e. The molecule has 0 amide bonds. The van der Waals surface area contributed by atoms with E-state index in [4.69, 9.17) is 4.99 Å². The van der Waals surface area contributed by atoms with Gasteiger partial charge in [-0.3, -0.25) is 4.99 Å². The third kappa shape index (κ3) is 3.56. The van der Waals surface area contributed by atoms with Crippen LogP contribution in [-0.4, -0.2) is 12.8 Å². The van der Waals surface area contributed by atoms with Gasteiger partial charge in [-0.05, 0) is 57.7 Å². The van der Waals surface area contributed by atoms with Gasteiger partial charge in [-0.2, -0.15) is 0 Å². The van der Waals surface area contributed by atoms with Crippen molar-refractivity contribution >= 4 is 29.0 Å². The van der Waals surface area contributed by atoms with Crippen LogP contribution in [0.2, 0.25) is 0 Å². The fraction of sp³-hybridized carbons (Fsp3) is 0.0789. The molecular weight excluding hydrogens is 498 g/mol. The summed E-state index contributed by atoms with van der Waals surface area (Å²) in [6.45, 7) is 1.46. The minimum absolute atomic E-state index is 0.438. The Bertz CT molecular complexity index is 1820. The fourth-order valence-electron chi connectivity index (χ4n) is 6.91. The number of allylic oxidation sites excluding steroid dienone is 2. The molecule has 8 rings (SSSR count). The number of anilines is 3. The van der Waals surface area contributed by atoms with Gasteiger partial charge in [0.1, 0.15) is 0 Å². The van der Waals surface area contributed by atoms with Crippen LogP contribution in [-0.2, 0) is 12.0 Å². The number of rotatable bonds is 4. The quantitative estimate of drug-likeness (QED) is 0.238. The topological polar surface area (TPSA) is 27.6 Å². The number of para-hydroxylation sites is 3. The van der Waals surface area contributed by atoms with Crippen LogP contribution in [0.15, 0.2) is 150 Å². The number of nitrogens with one attached hydrogen (secondary N) is 1. The summed E-state index contributed by atoms with van der Waals surface area (Å²) in [4.78, 5) is 7.24. The van der Waals surface area contributed by atoms with Gasteiger partial charge in [0.2, 0.25) is 0 Å². The second-order valence-electron chi connectivity index (χ2n) is 10.8. The molecule has 1 spiro atoms. The number of dihydropyridines is 1. The zero-order chi connectivity index (χ0) is 27.2. The van der Waals surface area contributed by atoms with Crippen molar-refractivity contribution < 1.29 is 0 Å². The highest BCUT2D eigenvalue weighted by Crippen LogP contribution is 2.62. The summed E-state index contributed by atoms with van der Waals surface area (Å²) in [5.74, 6) is 0. The average molecular weight is 528 g/mol. The number of hydrogen-bond donors (Lipinski definition) is 1. The zero-order valence-corrected chi connectivity index (χ0v) is 22.7. The van der Waals surface area contributed by atoms with E-state index in [-0.39, 0.29) is 0 Å². The highest BCUT2D eigenvalue weighted by molar-refractivity contribution is 5.96. The van der Waals surface area contributed by atoms with E-state index in [1.807, 2.05) is 24.4 Å². The zero-order valence-electron chi connectivity index (χ0n) is 22.7. The molecule has 3 aliphatic rings. The summed E-state index contributed by atoms with van der Waals surface area (Å²) >= 11 is 0. The number of nitrogens with zero attached hydrogens (tertiary/aromatic N) is 2. The Balaban J connectivity index is 1.36. The number of benzene rings is 5. The molecule has 3 nitrogen and oxygen atoms in total. The summed E-state index contributed by atoms with van der Waals surface area (Å²) in [6, 6.07) is 45.8. The predicted molar refractivity (Wildman–Crippen MR) is 169 cm³/mol. The molecule has 41 heavy (non-hydrogen) atoms. The van der Waals surface area contributed by atoms with Gasteiger partial charge < -0.3 is 10.2 Å². The molecule has 2 heterocycles. The molecule has 0 unspecified atom stereocenters. The molecule has 1 aliphatic carbocycles. The Morgan fingerprint density at radius 1 is 0.707 bits per heavy atom. The molecule has 5 aromatic carbocycles. The maximum atomic E-state index is 4.83. The Labute approximate surface area is 240 Å². The first-order valence-electron chi connectivity index (χ1n) is 14.2. The third-order valence-corrected chi connectivity index (χ3v) is 8.54. The Hall–Kier alpha value is -5.15. The van der Waals surface area contributed by atoms with Gasteiger partial charge in [0.05, 0.1) is 23.3 Å². The minimum atomic E-state index is -0.438. The molecule has 0 saturated carbocycles. The molecule has 196 valence electrons. The van der Waals surface area contributed by atoms with Crippen molar-refractivity contribution in [3.05, 3.63) is 178 Å². The SMILES string of the molecule is C1=CC2=C(NC1)c1ccc(CN=Cc3ccccc3)cc1C21c2ccccc2N(c2ccccc2)c2ccccc21. The first-order chi connectivity index (χ1) is 20.4. The lowest BCUT2D eigenvalue weighted by Gasteiger charge is -2.45. The van der Waals surface area contributed by atoms with E-state index in [1.165, 1.54) is 50.5 Å². The molecule has 0 saturated heterocycles. The summed E-state index contributed by atoms with van der Waals surface area (Å²) < 4.78 is 0. The van der Waals surface area contributed by atoms with Gasteiger partial charge >= 0.3 is 0 Å². The van der Waals surface area contributed by atoms with Crippen LogP contribution in [0.4, 0.5) is 17.1 Å². The van der Waals surface area contributed by atoms with Crippen LogP contribution in [0.5, 0.6) is 0 Å². The smallest absolute Gasteiger partial charge is 0.0769 e. The molecule has 5 aromatic rings. The summed E-state index contributed by atoms with van der Waals surface area (Å²) in [5, 5.41) is 3.75. The Morgan fingerprint density at radius 2 is 1.37 bits per heavy atom. The van der Waals surface area contributed by atoms with Gasteiger partial charge in [-0.25, -0.2) is 0 Å². The molecule has 0 atom stereocenters.